The second kappa shape index (κ2) is 5.50. The van der Waals surface area contributed by atoms with Crippen LogP contribution >= 0.6 is 0 Å². The number of benzene rings is 1. The van der Waals surface area contributed by atoms with Gasteiger partial charge in [0.05, 0.1) is 17.3 Å². The molecule has 1 aromatic carbocycles. The summed E-state index contributed by atoms with van der Waals surface area (Å²) in [6.07, 6.45) is -4.51. The van der Waals surface area contributed by atoms with Crippen LogP contribution < -0.4 is 0 Å². The summed E-state index contributed by atoms with van der Waals surface area (Å²) in [4.78, 5) is 2.07. The summed E-state index contributed by atoms with van der Waals surface area (Å²) in [6.45, 7) is 7.61. The third-order valence-corrected chi connectivity index (χ3v) is 3.41. The van der Waals surface area contributed by atoms with Crippen molar-refractivity contribution in [3.05, 3.63) is 29.3 Å². The Hall–Kier alpha value is -1.27. The number of aromatic hydroxyl groups is 1. The lowest BCUT2D eigenvalue weighted by atomic mass is 10.0. The predicted octanol–water partition coefficient (Wildman–Crippen LogP) is 3.41. The van der Waals surface area contributed by atoms with Crippen LogP contribution in [0.25, 0.3) is 0 Å². The van der Waals surface area contributed by atoms with Gasteiger partial charge in [-0.3, -0.25) is 4.90 Å². The lowest BCUT2D eigenvalue weighted by molar-refractivity contribution is -0.139. The monoisotopic (exact) mass is 303 g/mol. The van der Waals surface area contributed by atoms with E-state index >= 15 is 0 Å². The summed E-state index contributed by atoms with van der Waals surface area (Å²) in [5.41, 5.74) is -0.771. The minimum Gasteiger partial charge on any atom is -0.507 e. The maximum absolute atomic E-state index is 12.8. The highest BCUT2D eigenvalue weighted by Crippen LogP contribution is 2.36. The number of morpholine rings is 1. The molecule has 1 unspecified atom stereocenters. The molecule has 1 aromatic rings. The third-order valence-electron chi connectivity index (χ3n) is 3.41. The molecule has 0 aromatic heterocycles. The van der Waals surface area contributed by atoms with Crippen LogP contribution in [0.15, 0.2) is 18.2 Å². The number of halogens is 3. The van der Waals surface area contributed by atoms with E-state index in [9.17, 15) is 18.3 Å². The Morgan fingerprint density at radius 3 is 2.62 bits per heavy atom. The maximum atomic E-state index is 12.8. The minimum atomic E-state index is -4.54. The first kappa shape index (κ1) is 16.1. The first-order valence-electron chi connectivity index (χ1n) is 6.86. The smallest absolute Gasteiger partial charge is 0.419 e. The Labute approximate surface area is 122 Å². The van der Waals surface area contributed by atoms with Crippen LogP contribution in [0.1, 0.15) is 31.9 Å². The van der Waals surface area contributed by atoms with E-state index in [1.54, 1.807) is 0 Å². The zero-order valence-corrected chi connectivity index (χ0v) is 12.4. The number of nitrogens with zero attached hydrogens (tertiary/aromatic N) is 1. The van der Waals surface area contributed by atoms with Gasteiger partial charge in [0.2, 0.25) is 0 Å². The van der Waals surface area contributed by atoms with E-state index in [0.717, 1.165) is 12.1 Å². The number of hydrogen-bond acceptors (Lipinski definition) is 3. The fourth-order valence-electron chi connectivity index (χ4n) is 2.87. The first-order valence-corrected chi connectivity index (χ1v) is 6.86. The highest BCUT2D eigenvalue weighted by atomic mass is 19.4. The number of alkyl halides is 3. The SMILES string of the molecule is CC1CN(Cc2ccc(O)c(C(F)(F)F)c2)CC(C)(C)O1. The Bertz CT molecular complexity index is 514. The van der Waals surface area contributed by atoms with Gasteiger partial charge in [-0.15, -0.1) is 0 Å². The molecule has 0 aliphatic carbocycles. The lowest BCUT2D eigenvalue weighted by Crippen LogP contribution is -2.51. The number of hydrogen-bond donors (Lipinski definition) is 1. The van der Waals surface area contributed by atoms with Crippen molar-refractivity contribution in [1.29, 1.82) is 0 Å². The molecule has 6 heteroatoms. The fourth-order valence-corrected chi connectivity index (χ4v) is 2.87. The van der Waals surface area contributed by atoms with E-state index in [2.05, 4.69) is 4.90 Å². The van der Waals surface area contributed by atoms with Gasteiger partial charge in [-0.1, -0.05) is 6.07 Å². The van der Waals surface area contributed by atoms with E-state index in [1.165, 1.54) is 6.07 Å². The molecule has 1 N–H and O–H groups in total. The quantitative estimate of drug-likeness (QED) is 0.909. The van der Waals surface area contributed by atoms with Crippen molar-refractivity contribution >= 4 is 0 Å². The summed E-state index contributed by atoms with van der Waals surface area (Å²) in [7, 11) is 0. The summed E-state index contributed by atoms with van der Waals surface area (Å²) >= 11 is 0. The zero-order chi connectivity index (χ0) is 15.8. The molecule has 118 valence electrons. The fraction of sp³-hybridized carbons (Fsp3) is 0.600. The highest BCUT2D eigenvalue weighted by Gasteiger charge is 2.35. The molecule has 21 heavy (non-hydrogen) atoms. The van der Waals surface area contributed by atoms with Crippen LogP contribution in [-0.2, 0) is 17.5 Å². The van der Waals surface area contributed by atoms with Gasteiger partial charge in [0.1, 0.15) is 5.75 Å². The van der Waals surface area contributed by atoms with E-state index < -0.39 is 17.5 Å². The molecule has 0 bridgehead atoms. The normalized spacial score (nSPS) is 23.2. The Kier molecular flexibility index (Phi) is 4.22. The van der Waals surface area contributed by atoms with Crippen molar-refractivity contribution < 1.29 is 23.0 Å². The van der Waals surface area contributed by atoms with Gasteiger partial charge in [-0.05, 0) is 38.5 Å². The van der Waals surface area contributed by atoms with Crippen LogP contribution in [0, 0.1) is 0 Å². The number of phenols is 1. The molecule has 1 aliphatic rings. The van der Waals surface area contributed by atoms with Crippen molar-refractivity contribution in [3.63, 3.8) is 0 Å². The molecule has 1 atom stereocenters. The molecule has 0 amide bonds. The molecule has 0 spiro atoms. The van der Waals surface area contributed by atoms with Gasteiger partial charge in [-0.25, -0.2) is 0 Å². The summed E-state index contributed by atoms with van der Waals surface area (Å²) in [5.74, 6) is -0.734. The maximum Gasteiger partial charge on any atom is 0.419 e. The summed E-state index contributed by atoms with van der Waals surface area (Å²) in [6, 6.07) is 3.65. The van der Waals surface area contributed by atoms with Gasteiger partial charge < -0.3 is 9.84 Å². The van der Waals surface area contributed by atoms with Crippen molar-refractivity contribution in [2.75, 3.05) is 13.1 Å². The molecule has 0 saturated carbocycles. The van der Waals surface area contributed by atoms with Crippen LogP contribution in [0.3, 0.4) is 0 Å². The Morgan fingerprint density at radius 1 is 1.38 bits per heavy atom. The van der Waals surface area contributed by atoms with Gasteiger partial charge in [0.25, 0.3) is 0 Å². The number of phenolic OH excluding ortho intramolecular Hbond substituents is 1. The molecule has 1 aliphatic heterocycles. The summed E-state index contributed by atoms with van der Waals surface area (Å²) in [5, 5.41) is 9.35. The largest absolute Gasteiger partial charge is 0.507 e. The van der Waals surface area contributed by atoms with Gasteiger partial charge >= 0.3 is 6.18 Å². The van der Waals surface area contributed by atoms with Gasteiger partial charge in [0.15, 0.2) is 0 Å². The second-order valence-electron chi connectivity index (χ2n) is 6.21. The zero-order valence-electron chi connectivity index (χ0n) is 12.4. The second-order valence-corrected chi connectivity index (χ2v) is 6.21. The van der Waals surface area contributed by atoms with E-state index in [4.69, 9.17) is 4.74 Å². The molecule has 3 nitrogen and oxygen atoms in total. The van der Waals surface area contributed by atoms with Crippen molar-refractivity contribution in [3.8, 4) is 5.75 Å². The van der Waals surface area contributed by atoms with Crippen molar-refractivity contribution in [2.45, 2.75) is 45.2 Å². The molecule has 1 fully saturated rings. The van der Waals surface area contributed by atoms with E-state index in [1.807, 2.05) is 20.8 Å². The average Bonchev–Trinajstić information content (AvgIpc) is 2.27. The van der Waals surface area contributed by atoms with Crippen molar-refractivity contribution in [2.24, 2.45) is 0 Å². The molecular formula is C15H20F3NO2. The lowest BCUT2D eigenvalue weighted by Gasteiger charge is -2.41. The van der Waals surface area contributed by atoms with Crippen LogP contribution in [-0.4, -0.2) is 34.8 Å². The van der Waals surface area contributed by atoms with Crippen LogP contribution in [0.2, 0.25) is 0 Å². The molecule has 0 radical (unpaired) electrons. The third kappa shape index (κ3) is 4.11. The molecular weight excluding hydrogens is 283 g/mol. The van der Waals surface area contributed by atoms with E-state index in [-0.39, 0.29) is 11.7 Å². The minimum absolute atomic E-state index is 0.0351. The first-order chi connectivity index (χ1) is 9.57. The molecule has 2 rings (SSSR count). The Morgan fingerprint density at radius 2 is 2.05 bits per heavy atom. The number of ether oxygens (including phenoxy) is 1. The van der Waals surface area contributed by atoms with Crippen molar-refractivity contribution in [1.82, 2.24) is 4.90 Å². The van der Waals surface area contributed by atoms with Gasteiger partial charge in [-0.2, -0.15) is 13.2 Å². The predicted molar refractivity (Wildman–Crippen MR) is 73.0 cm³/mol. The van der Waals surface area contributed by atoms with Crippen LogP contribution in [0.5, 0.6) is 5.75 Å². The van der Waals surface area contributed by atoms with Gasteiger partial charge in [0, 0.05) is 19.6 Å². The van der Waals surface area contributed by atoms with E-state index in [0.29, 0.717) is 25.2 Å². The van der Waals surface area contributed by atoms with Crippen LogP contribution in [0.4, 0.5) is 13.2 Å². The standard InChI is InChI=1S/C15H20F3NO2/c1-10-7-19(9-14(2,3)21-10)8-11-4-5-13(20)12(6-11)15(16,17)18/h4-6,10,20H,7-9H2,1-3H3. The molecule has 1 saturated heterocycles. The average molecular weight is 303 g/mol. The Balaban J connectivity index is 2.17. The highest BCUT2D eigenvalue weighted by molar-refractivity contribution is 5.38. The summed E-state index contributed by atoms with van der Waals surface area (Å²) < 4.78 is 44.2. The molecule has 1 heterocycles. The topological polar surface area (TPSA) is 32.7 Å². The number of rotatable bonds is 2.